The van der Waals surface area contributed by atoms with Gasteiger partial charge in [0.25, 0.3) is 0 Å². The van der Waals surface area contributed by atoms with E-state index in [1.807, 2.05) is 11.9 Å². The summed E-state index contributed by atoms with van der Waals surface area (Å²) in [4.78, 5) is 24.7. The number of carboxylic acid groups (broad SMARTS) is 1. The maximum absolute atomic E-state index is 11.6. The van der Waals surface area contributed by atoms with Crippen LogP contribution in [0.3, 0.4) is 0 Å². The molecule has 1 heterocycles. The quantitative estimate of drug-likeness (QED) is 0.790. The first-order valence-corrected chi connectivity index (χ1v) is 6.72. The monoisotopic (exact) mass is 282 g/mol. The number of hydrogen-bond donors (Lipinski definition) is 2. The van der Waals surface area contributed by atoms with Crippen molar-refractivity contribution in [2.45, 2.75) is 39.3 Å². The van der Waals surface area contributed by atoms with Gasteiger partial charge in [0, 0.05) is 18.3 Å². The number of nitrogens with zero attached hydrogens (tertiary/aromatic N) is 2. The normalized spacial score (nSPS) is 12.6. The predicted octanol–water partition coefficient (Wildman–Crippen LogP) is 1.43. The molecule has 1 rings (SSSR count). The second kappa shape index (κ2) is 7.09. The van der Waals surface area contributed by atoms with Crippen molar-refractivity contribution in [1.82, 2.24) is 9.47 Å². The number of aromatic hydroxyl groups is 1. The van der Waals surface area contributed by atoms with Crippen LogP contribution >= 0.6 is 0 Å². The van der Waals surface area contributed by atoms with Crippen molar-refractivity contribution in [2.24, 2.45) is 0 Å². The summed E-state index contributed by atoms with van der Waals surface area (Å²) in [5.41, 5.74) is 0.0963. The van der Waals surface area contributed by atoms with Crippen LogP contribution in [-0.2, 0) is 11.3 Å². The van der Waals surface area contributed by atoms with Crippen LogP contribution in [0.4, 0.5) is 0 Å². The zero-order valence-corrected chi connectivity index (χ0v) is 12.2. The molecule has 0 aliphatic heterocycles. The van der Waals surface area contributed by atoms with Crippen molar-refractivity contribution in [3.05, 3.63) is 28.2 Å². The molecule has 1 aromatic rings. The lowest BCUT2D eigenvalue weighted by Crippen LogP contribution is -2.26. The third-order valence-corrected chi connectivity index (χ3v) is 3.24. The Morgan fingerprint density at radius 2 is 2.15 bits per heavy atom. The van der Waals surface area contributed by atoms with Gasteiger partial charge in [-0.05, 0) is 26.9 Å². The van der Waals surface area contributed by atoms with E-state index < -0.39 is 23.2 Å². The van der Waals surface area contributed by atoms with Crippen LogP contribution in [-0.4, -0.2) is 39.2 Å². The maximum Gasteiger partial charge on any atom is 0.326 e. The van der Waals surface area contributed by atoms with Crippen LogP contribution in [0.5, 0.6) is 5.75 Å². The summed E-state index contributed by atoms with van der Waals surface area (Å²) < 4.78 is 1.43. The van der Waals surface area contributed by atoms with E-state index >= 15 is 0 Å². The Kier molecular flexibility index (Phi) is 5.76. The second-order valence-electron chi connectivity index (χ2n) is 5.03. The van der Waals surface area contributed by atoms with Crippen LogP contribution in [0.1, 0.15) is 38.4 Å². The summed E-state index contributed by atoms with van der Waals surface area (Å²) in [6, 6.07) is 0.466. The number of pyridine rings is 1. The SMILES string of the molecule is CCCCN(C)Cc1cc(=O)c(O)cn1C(C)C(=O)O. The van der Waals surface area contributed by atoms with Crippen LogP contribution in [0, 0.1) is 0 Å². The molecule has 1 aromatic heterocycles. The highest BCUT2D eigenvalue weighted by atomic mass is 16.4. The number of aliphatic carboxylic acids is 1. The Labute approximate surface area is 118 Å². The Morgan fingerprint density at radius 3 is 2.70 bits per heavy atom. The van der Waals surface area contributed by atoms with Crippen molar-refractivity contribution in [3.63, 3.8) is 0 Å². The van der Waals surface area contributed by atoms with E-state index in [4.69, 9.17) is 5.11 Å². The lowest BCUT2D eigenvalue weighted by atomic mass is 10.2. The van der Waals surface area contributed by atoms with Crippen LogP contribution in [0.2, 0.25) is 0 Å². The zero-order chi connectivity index (χ0) is 15.3. The molecule has 0 amide bonds. The van der Waals surface area contributed by atoms with E-state index in [0.29, 0.717) is 12.2 Å². The van der Waals surface area contributed by atoms with Gasteiger partial charge in [-0.2, -0.15) is 0 Å². The Morgan fingerprint density at radius 1 is 1.50 bits per heavy atom. The predicted molar refractivity (Wildman–Crippen MR) is 76.0 cm³/mol. The number of hydrogen-bond acceptors (Lipinski definition) is 4. The minimum absolute atomic E-state index is 0.432. The highest BCUT2D eigenvalue weighted by Crippen LogP contribution is 2.15. The van der Waals surface area contributed by atoms with E-state index in [-0.39, 0.29) is 0 Å². The standard InChI is InChI=1S/C14H22N2O4/c1-4-5-6-15(3)8-11-7-12(17)13(18)9-16(11)10(2)14(19)20/h7,9-10,18H,4-6,8H2,1-3H3,(H,19,20). The van der Waals surface area contributed by atoms with Gasteiger partial charge in [0.1, 0.15) is 6.04 Å². The summed E-state index contributed by atoms with van der Waals surface area (Å²) in [5, 5.41) is 18.6. The Balaban J connectivity index is 3.06. The van der Waals surface area contributed by atoms with Gasteiger partial charge in [-0.25, -0.2) is 4.79 Å². The van der Waals surface area contributed by atoms with E-state index in [0.717, 1.165) is 19.4 Å². The zero-order valence-electron chi connectivity index (χ0n) is 12.2. The molecule has 1 atom stereocenters. The van der Waals surface area contributed by atoms with Gasteiger partial charge in [-0.15, -0.1) is 0 Å². The van der Waals surface area contributed by atoms with Crippen LogP contribution in [0.25, 0.3) is 0 Å². The fourth-order valence-corrected chi connectivity index (χ4v) is 1.97. The molecule has 0 bridgehead atoms. The summed E-state index contributed by atoms with van der Waals surface area (Å²) in [5.74, 6) is -1.44. The number of carbonyl (C=O) groups is 1. The average molecular weight is 282 g/mol. The van der Waals surface area contributed by atoms with Gasteiger partial charge in [0.2, 0.25) is 5.43 Å². The van der Waals surface area contributed by atoms with Gasteiger partial charge >= 0.3 is 5.97 Å². The molecule has 0 saturated carbocycles. The van der Waals surface area contributed by atoms with E-state index in [1.54, 1.807) is 0 Å². The van der Waals surface area contributed by atoms with Crippen molar-refractivity contribution < 1.29 is 15.0 Å². The molecule has 0 fully saturated rings. The highest BCUT2D eigenvalue weighted by molar-refractivity contribution is 5.71. The molecule has 112 valence electrons. The molecule has 0 aliphatic rings. The van der Waals surface area contributed by atoms with Gasteiger partial charge < -0.3 is 19.7 Å². The van der Waals surface area contributed by atoms with Crippen molar-refractivity contribution in [3.8, 4) is 5.75 Å². The number of carboxylic acids is 1. The number of aromatic nitrogens is 1. The second-order valence-corrected chi connectivity index (χ2v) is 5.03. The summed E-state index contributed by atoms with van der Waals surface area (Å²) in [7, 11) is 1.92. The topological polar surface area (TPSA) is 82.8 Å². The first-order chi connectivity index (χ1) is 9.36. The minimum Gasteiger partial charge on any atom is -0.503 e. The molecule has 0 spiro atoms. The van der Waals surface area contributed by atoms with Gasteiger partial charge in [0.05, 0.1) is 6.20 Å². The van der Waals surface area contributed by atoms with E-state index in [1.165, 1.54) is 23.8 Å². The molecule has 0 saturated heterocycles. The molecule has 6 heteroatoms. The van der Waals surface area contributed by atoms with E-state index in [2.05, 4.69) is 6.92 Å². The largest absolute Gasteiger partial charge is 0.503 e. The van der Waals surface area contributed by atoms with E-state index in [9.17, 15) is 14.7 Å². The van der Waals surface area contributed by atoms with Crippen molar-refractivity contribution in [1.29, 1.82) is 0 Å². The highest BCUT2D eigenvalue weighted by Gasteiger charge is 2.18. The number of unbranched alkanes of at least 4 members (excludes halogenated alkanes) is 1. The Hall–Kier alpha value is -1.82. The smallest absolute Gasteiger partial charge is 0.326 e. The first kappa shape index (κ1) is 16.2. The number of rotatable bonds is 7. The fraction of sp³-hybridized carbons (Fsp3) is 0.571. The average Bonchev–Trinajstić information content (AvgIpc) is 2.39. The van der Waals surface area contributed by atoms with Gasteiger partial charge in [-0.1, -0.05) is 13.3 Å². The molecule has 2 N–H and O–H groups in total. The van der Waals surface area contributed by atoms with Gasteiger partial charge in [-0.3, -0.25) is 4.79 Å². The van der Waals surface area contributed by atoms with Crippen molar-refractivity contribution >= 4 is 5.97 Å². The fourth-order valence-electron chi connectivity index (χ4n) is 1.97. The Bertz CT molecular complexity index is 524. The maximum atomic E-state index is 11.6. The third-order valence-electron chi connectivity index (χ3n) is 3.24. The summed E-state index contributed by atoms with van der Waals surface area (Å²) >= 11 is 0. The molecular weight excluding hydrogens is 260 g/mol. The summed E-state index contributed by atoms with van der Waals surface area (Å²) in [6.45, 7) is 4.94. The lowest BCUT2D eigenvalue weighted by Gasteiger charge is -2.22. The van der Waals surface area contributed by atoms with Crippen LogP contribution in [0.15, 0.2) is 17.1 Å². The molecule has 0 aromatic carbocycles. The molecule has 6 nitrogen and oxygen atoms in total. The third kappa shape index (κ3) is 4.09. The summed E-state index contributed by atoms with van der Waals surface area (Å²) in [6.07, 6.45) is 3.30. The molecule has 0 radical (unpaired) electrons. The molecular formula is C14H22N2O4. The van der Waals surface area contributed by atoms with Crippen LogP contribution < -0.4 is 5.43 Å². The molecule has 0 aliphatic carbocycles. The van der Waals surface area contributed by atoms with Gasteiger partial charge in [0.15, 0.2) is 5.75 Å². The first-order valence-electron chi connectivity index (χ1n) is 6.72. The lowest BCUT2D eigenvalue weighted by molar-refractivity contribution is -0.140. The molecule has 20 heavy (non-hydrogen) atoms. The van der Waals surface area contributed by atoms with Crippen molar-refractivity contribution in [2.75, 3.05) is 13.6 Å². The molecule has 1 unspecified atom stereocenters. The minimum atomic E-state index is -1.01.